The third kappa shape index (κ3) is 4.66. The van der Waals surface area contributed by atoms with Crippen molar-refractivity contribution in [1.82, 2.24) is 10.2 Å². The molecule has 5 heteroatoms. The Balaban J connectivity index is 1.30. The Morgan fingerprint density at radius 2 is 1.59 bits per heavy atom. The molecular weight excluding hydrogens is 398 g/mol. The van der Waals surface area contributed by atoms with Gasteiger partial charge in [-0.15, -0.1) is 0 Å². The molecule has 172 valence electrons. The first-order chi connectivity index (χ1) is 15.6. The Kier molecular flexibility index (Phi) is 6.15. The van der Waals surface area contributed by atoms with E-state index in [4.69, 9.17) is 9.47 Å². The number of benzene rings is 2. The molecule has 5 nitrogen and oxygen atoms in total. The summed E-state index contributed by atoms with van der Waals surface area (Å²) in [5, 5.41) is 3.27. The van der Waals surface area contributed by atoms with Gasteiger partial charge in [0.15, 0.2) is 0 Å². The molecule has 2 heterocycles. The van der Waals surface area contributed by atoms with E-state index in [0.29, 0.717) is 0 Å². The third-order valence-corrected chi connectivity index (χ3v) is 7.33. The van der Waals surface area contributed by atoms with Crippen LogP contribution in [0.5, 0.6) is 5.75 Å². The van der Waals surface area contributed by atoms with Crippen LogP contribution in [-0.4, -0.2) is 62.9 Å². The molecule has 32 heavy (non-hydrogen) atoms. The minimum Gasteiger partial charge on any atom is -0.484 e. The van der Waals surface area contributed by atoms with Crippen molar-refractivity contribution in [3.8, 4) is 5.75 Å². The molecule has 2 spiro atoms. The zero-order valence-electron chi connectivity index (χ0n) is 19.6. The quantitative estimate of drug-likeness (QED) is 0.704. The lowest BCUT2D eigenvalue weighted by atomic mass is 9.88. The number of para-hydroxylation sites is 2. The van der Waals surface area contributed by atoms with Crippen molar-refractivity contribution in [2.45, 2.75) is 49.4 Å². The van der Waals surface area contributed by atoms with Gasteiger partial charge in [0.05, 0.1) is 16.9 Å². The fourth-order valence-corrected chi connectivity index (χ4v) is 5.59. The van der Waals surface area contributed by atoms with Gasteiger partial charge in [-0.05, 0) is 64.0 Å². The van der Waals surface area contributed by atoms with E-state index < -0.39 is 0 Å². The molecule has 2 saturated heterocycles. The highest BCUT2D eigenvalue weighted by Gasteiger charge is 2.55. The second kappa shape index (κ2) is 9.05. The van der Waals surface area contributed by atoms with Crippen LogP contribution < -0.4 is 15.0 Å². The lowest BCUT2D eigenvalue weighted by Crippen LogP contribution is -2.59. The fraction of sp³-hybridized carbons (Fsp3) is 0.556. The largest absolute Gasteiger partial charge is 0.484 e. The summed E-state index contributed by atoms with van der Waals surface area (Å²) < 4.78 is 13.4. The Morgan fingerprint density at radius 3 is 2.28 bits per heavy atom. The van der Waals surface area contributed by atoms with Gasteiger partial charge in [0.2, 0.25) is 0 Å². The Hall–Kier alpha value is -2.08. The number of hydrogen-bond acceptors (Lipinski definition) is 5. The summed E-state index contributed by atoms with van der Waals surface area (Å²) in [6.45, 7) is 5.09. The molecule has 2 aliphatic heterocycles. The molecule has 2 aromatic carbocycles. The zero-order valence-corrected chi connectivity index (χ0v) is 19.6. The summed E-state index contributed by atoms with van der Waals surface area (Å²) >= 11 is 0. The maximum atomic E-state index is 6.76. The fourth-order valence-electron chi connectivity index (χ4n) is 5.59. The molecule has 1 unspecified atom stereocenters. The van der Waals surface area contributed by atoms with E-state index in [-0.39, 0.29) is 17.3 Å². The van der Waals surface area contributed by atoms with Crippen LogP contribution in [-0.2, 0) is 4.74 Å². The SMILES string of the molecule is CNCCC(Oc1ccccc1N1CCC2(CC1)CN(C)CC1(CC1)O2)c1ccccc1. The Labute approximate surface area is 192 Å². The summed E-state index contributed by atoms with van der Waals surface area (Å²) in [7, 11) is 4.25. The molecule has 1 saturated carbocycles. The maximum absolute atomic E-state index is 6.76. The van der Waals surface area contributed by atoms with Crippen LogP contribution in [0, 0.1) is 0 Å². The monoisotopic (exact) mass is 435 g/mol. The number of anilines is 1. The summed E-state index contributed by atoms with van der Waals surface area (Å²) in [6.07, 6.45) is 5.58. The van der Waals surface area contributed by atoms with Crippen LogP contribution in [0.15, 0.2) is 54.6 Å². The van der Waals surface area contributed by atoms with Crippen molar-refractivity contribution in [3.05, 3.63) is 60.2 Å². The topological polar surface area (TPSA) is 37.0 Å². The van der Waals surface area contributed by atoms with Crippen molar-refractivity contribution in [1.29, 1.82) is 0 Å². The highest BCUT2D eigenvalue weighted by atomic mass is 16.5. The molecule has 5 rings (SSSR count). The predicted molar refractivity (Wildman–Crippen MR) is 130 cm³/mol. The number of piperidine rings is 1. The Morgan fingerprint density at radius 1 is 0.938 bits per heavy atom. The van der Waals surface area contributed by atoms with Crippen molar-refractivity contribution < 1.29 is 9.47 Å². The summed E-state index contributed by atoms with van der Waals surface area (Å²) in [5.74, 6) is 0.980. The van der Waals surface area contributed by atoms with E-state index in [9.17, 15) is 0 Å². The molecule has 1 atom stereocenters. The predicted octanol–water partition coefficient (Wildman–Crippen LogP) is 4.25. The van der Waals surface area contributed by atoms with Gasteiger partial charge in [-0.3, -0.25) is 0 Å². The molecule has 1 N–H and O–H groups in total. The van der Waals surface area contributed by atoms with Gasteiger partial charge in [-0.2, -0.15) is 0 Å². The number of ether oxygens (including phenoxy) is 2. The van der Waals surface area contributed by atoms with Gasteiger partial charge in [0.1, 0.15) is 11.9 Å². The number of morpholine rings is 1. The van der Waals surface area contributed by atoms with E-state index in [1.165, 1.54) is 24.1 Å². The summed E-state index contributed by atoms with van der Waals surface area (Å²) in [6, 6.07) is 19.1. The molecule has 0 radical (unpaired) electrons. The number of nitrogens with one attached hydrogen (secondary N) is 1. The molecule has 0 amide bonds. The van der Waals surface area contributed by atoms with Gasteiger partial charge in [0, 0.05) is 32.6 Å². The number of hydrogen-bond donors (Lipinski definition) is 1. The van der Waals surface area contributed by atoms with Gasteiger partial charge in [0.25, 0.3) is 0 Å². The number of likely N-dealkylation sites (N-methyl/N-ethyl adjacent to an activating group) is 1. The molecule has 0 bridgehead atoms. The van der Waals surface area contributed by atoms with Crippen LogP contribution in [0.25, 0.3) is 0 Å². The molecular formula is C27H37N3O2. The molecule has 2 aromatic rings. The standard InChI is InChI=1S/C27H37N3O2/c1-28-17-12-24(22-8-4-3-5-9-22)31-25-11-7-6-10-23(25)30-18-15-27(16-19-30)21-29(2)20-26(32-27)13-14-26/h3-11,24,28H,12-21H2,1-2H3. The van der Waals surface area contributed by atoms with Crippen LogP contribution >= 0.6 is 0 Å². The zero-order chi connectivity index (χ0) is 22.0. The second-order valence-electron chi connectivity index (χ2n) is 10.0. The van der Waals surface area contributed by atoms with Gasteiger partial charge >= 0.3 is 0 Å². The van der Waals surface area contributed by atoms with Gasteiger partial charge in [-0.1, -0.05) is 42.5 Å². The lowest BCUT2D eigenvalue weighted by Gasteiger charge is -2.50. The van der Waals surface area contributed by atoms with Crippen molar-refractivity contribution in [2.24, 2.45) is 0 Å². The summed E-state index contributed by atoms with van der Waals surface area (Å²) in [5.41, 5.74) is 2.61. The average Bonchev–Trinajstić information content (AvgIpc) is 3.55. The first-order valence-electron chi connectivity index (χ1n) is 12.2. The molecule has 0 aromatic heterocycles. The molecule has 1 aliphatic carbocycles. The smallest absolute Gasteiger partial charge is 0.143 e. The van der Waals surface area contributed by atoms with Crippen LogP contribution in [0.2, 0.25) is 0 Å². The summed E-state index contributed by atoms with van der Waals surface area (Å²) in [4.78, 5) is 4.99. The minimum absolute atomic E-state index is 0.0230. The average molecular weight is 436 g/mol. The van der Waals surface area contributed by atoms with Crippen molar-refractivity contribution >= 4 is 5.69 Å². The second-order valence-corrected chi connectivity index (χ2v) is 10.0. The third-order valence-electron chi connectivity index (χ3n) is 7.33. The number of nitrogens with zero attached hydrogens (tertiary/aromatic N) is 2. The minimum atomic E-state index is 0.0230. The van der Waals surface area contributed by atoms with Crippen LogP contribution in [0.4, 0.5) is 5.69 Å². The highest BCUT2D eigenvalue weighted by molar-refractivity contribution is 5.59. The highest BCUT2D eigenvalue weighted by Crippen LogP contribution is 2.49. The first kappa shape index (κ1) is 21.7. The Bertz CT molecular complexity index is 891. The van der Waals surface area contributed by atoms with Crippen molar-refractivity contribution in [3.63, 3.8) is 0 Å². The van der Waals surface area contributed by atoms with Gasteiger partial charge < -0.3 is 24.6 Å². The lowest BCUT2D eigenvalue weighted by molar-refractivity contribution is -0.173. The van der Waals surface area contributed by atoms with Crippen molar-refractivity contribution in [2.75, 3.05) is 51.7 Å². The van der Waals surface area contributed by atoms with Crippen LogP contribution in [0.3, 0.4) is 0 Å². The normalized spacial score (nSPS) is 22.8. The van der Waals surface area contributed by atoms with E-state index in [0.717, 1.165) is 57.7 Å². The van der Waals surface area contributed by atoms with E-state index in [1.54, 1.807) is 0 Å². The number of rotatable bonds is 7. The molecule has 3 fully saturated rings. The maximum Gasteiger partial charge on any atom is 0.143 e. The molecule has 3 aliphatic rings. The van der Waals surface area contributed by atoms with E-state index in [1.807, 2.05) is 7.05 Å². The first-order valence-corrected chi connectivity index (χ1v) is 12.2. The van der Waals surface area contributed by atoms with Gasteiger partial charge in [-0.25, -0.2) is 0 Å². The van der Waals surface area contributed by atoms with Crippen LogP contribution in [0.1, 0.15) is 43.8 Å². The van der Waals surface area contributed by atoms with E-state index in [2.05, 4.69) is 76.8 Å². The van der Waals surface area contributed by atoms with E-state index >= 15 is 0 Å².